The Morgan fingerprint density at radius 2 is 2.07 bits per heavy atom. The molecule has 1 atom stereocenters. The molecule has 5 rings (SSSR count). The third-order valence-corrected chi connectivity index (χ3v) is 5.68. The number of rotatable bonds is 5. The minimum Gasteiger partial charge on any atom is -0.376 e. The summed E-state index contributed by atoms with van der Waals surface area (Å²) < 4.78 is 8.78. The van der Waals surface area contributed by atoms with Gasteiger partial charge < -0.3 is 14.6 Å². The highest BCUT2D eigenvalue weighted by atomic mass is 16.5. The summed E-state index contributed by atoms with van der Waals surface area (Å²) >= 11 is 0. The molecule has 8 heteroatoms. The highest BCUT2D eigenvalue weighted by Gasteiger charge is 2.25. The minimum absolute atomic E-state index is 0.0940. The van der Waals surface area contributed by atoms with Crippen molar-refractivity contribution in [2.45, 2.75) is 44.8 Å². The normalized spacial score (nSPS) is 18.3. The van der Waals surface area contributed by atoms with Crippen molar-refractivity contribution in [1.82, 2.24) is 24.5 Å². The molecule has 3 aromatic rings. The molecule has 0 saturated carbocycles. The van der Waals surface area contributed by atoms with Crippen LogP contribution in [0.15, 0.2) is 35.1 Å². The molecule has 1 amide bonds. The second-order valence-electron chi connectivity index (χ2n) is 7.62. The van der Waals surface area contributed by atoms with E-state index < -0.39 is 0 Å². The summed E-state index contributed by atoms with van der Waals surface area (Å²) in [5, 5.41) is 7.42. The lowest BCUT2D eigenvalue weighted by Crippen LogP contribution is -2.35. The SMILES string of the molecule is O=C(Cn1c2c(c(=O)n3nc(-c4ccccc4)nc13)CCC2)NCC1CCCO1. The van der Waals surface area contributed by atoms with E-state index in [0.29, 0.717) is 24.6 Å². The first-order chi connectivity index (χ1) is 14.2. The van der Waals surface area contributed by atoms with Gasteiger partial charge in [-0.25, -0.2) is 0 Å². The molecule has 3 heterocycles. The quantitative estimate of drug-likeness (QED) is 0.707. The lowest BCUT2D eigenvalue weighted by Gasteiger charge is -2.15. The smallest absolute Gasteiger partial charge is 0.279 e. The number of hydrogen-bond donors (Lipinski definition) is 1. The van der Waals surface area contributed by atoms with E-state index in [1.807, 2.05) is 34.9 Å². The number of ether oxygens (including phenoxy) is 1. The van der Waals surface area contributed by atoms with Crippen molar-refractivity contribution in [2.75, 3.05) is 13.2 Å². The number of benzene rings is 1. The first kappa shape index (κ1) is 18.1. The van der Waals surface area contributed by atoms with Crippen LogP contribution < -0.4 is 10.9 Å². The van der Waals surface area contributed by atoms with E-state index in [-0.39, 0.29) is 24.1 Å². The van der Waals surface area contributed by atoms with Gasteiger partial charge in [0, 0.05) is 30.0 Å². The second-order valence-corrected chi connectivity index (χ2v) is 7.62. The molecule has 1 aromatic carbocycles. The number of aromatic nitrogens is 4. The molecule has 1 fully saturated rings. The molecule has 2 aromatic heterocycles. The number of nitrogens with one attached hydrogen (secondary N) is 1. The average molecular weight is 393 g/mol. The molecule has 0 spiro atoms. The number of fused-ring (bicyclic) bond motifs is 2. The third kappa shape index (κ3) is 3.33. The van der Waals surface area contributed by atoms with Gasteiger partial charge in [-0.05, 0) is 32.1 Å². The van der Waals surface area contributed by atoms with Crippen LogP contribution in [0.25, 0.3) is 17.2 Å². The average Bonchev–Trinajstić information content (AvgIpc) is 3.50. The van der Waals surface area contributed by atoms with Crippen LogP contribution >= 0.6 is 0 Å². The Morgan fingerprint density at radius 1 is 1.21 bits per heavy atom. The zero-order valence-electron chi connectivity index (χ0n) is 16.1. The van der Waals surface area contributed by atoms with Crippen LogP contribution in [0.3, 0.4) is 0 Å². The molecule has 1 saturated heterocycles. The van der Waals surface area contributed by atoms with Crippen LogP contribution in [0.4, 0.5) is 0 Å². The number of carbonyl (C=O) groups excluding carboxylic acids is 1. The number of amides is 1. The fraction of sp³-hybridized carbons (Fsp3) is 0.429. The predicted octanol–water partition coefficient (Wildman–Crippen LogP) is 1.34. The Balaban J connectivity index is 1.51. The molecule has 1 N–H and O–H groups in total. The topological polar surface area (TPSA) is 90.5 Å². The van der Waals surface area contributed by atoms with Gasteiger partial charge in [-0.2, -0.15) is 9.50 Å². The van der Waals surface area contributed by atoms with Gasteiger partial charge in [0.25, 0.3) is 5.56 Å². The molecule has 29 heavy (non-hydrogen) atoms. The molecule has 150 valence electrons. The van der Waals surface area contributed by atoms with Crippen molar-refractivity contribution in [1.29, 1.82) is 0 Å². The lowest BCUT2D eigenvalue weighted by molar-refractivity contribution is -0.122. The van der Waals surface area contributed by atoms with Gasteiger partial charge in [-0.1, -0.05) is 30.3 Å². The highest BCUT2D eigenvalue weighted by Crippen LogP contribution is 2.22. The number of hydrogen-bond acceptors (Lipinski definition) is 5. The van der Waals surface area contributed by atoms with Crippen molar-refractivity contribution in [2.24, 2.45) is 0 Å². The van der Waals surface area contributed by atoms with Crippen molar-refractivity contribution < 1.29 is 9.53 Å². The van der Waals surface area contributed by atoms with Crippen molar-refractivity contribution in [3.8, 4) is 11.4 Å². The minimum atomic E-state index is -0.127. The van der Waals surface area contributed by atoms with Crippen LogP contribution in [0, 0.1) is 0 Å². The molecule has 0 radical (unpaired) electrons. The largest absolute Gasteiger partial charge is 0.376 e. The van der Waals surface area contributed by atoms with Crippen LogP contribution in [0.2, 0.25) is 0 Å². The zero-order valence-corrected chi connectivity index (χ0v) is 16.1. The summed E-state index contributed by atoms with van der Waals surface area (Å²) in [4.78, 5) is 30.2. The maximum absolute atomic E-state index is 12.9. The van der Waals surface area contributed by atoms with Gasteiger partial charge in [0.2, 0.25) is 11.7 Å². The van der Waals surface area contributed by atoms with Gasteiger partial charge in [0.05, 0.1) is 6.10 Å². The molecular weight excluding hydrogens is 370 g/mol. The van der Waals surface area contributed by atoms with Gasteiger partial charge >= 0.3 is 0 Å². The van der Waals surface area contributed by atoms with Crippen molar-refractivity contribution in [3.63, 3.8) is 0 Å². The standard InChI is InChI=1S/C21H23N5O3/c27-18(22-12-15-8-5-11-29-15)13-25-17-10-4-9-16(17)20(28)26-21(25)23-19(24-26)14-6-2-1-3-7-14/h1-3,6-7,15H,4-5,8-13H2,(H,22,27). The van der Waals surface area contributed by atoms with E-state index in [1.165, 1.54) is 4.52 Å². The molecule has 1 unspecified atom stereocenters. The summed E-state index contributed by atoms with van der Waals surface area (Å²) in [6, 6.07) is 9.56. The van der Waals surface area contributed by atoms with E-state index in [2.05, 4.69) is 15.4 Å². The van der Waals surface area contributed by atoms with Gasteiger partial charge in [-0.15, -0.1) is 5.10 Å². The molecule has 0 bridgehead atoms. The summed E-state index contributed by atoms with van der Waals surface area (Å²) in [7, 11) is 0. The number of nitrogens with zero attached hydrogens (tertiary/aromatic N) is 4. The Kier molecular flexibility index (Phi) is 4.63. The Hall–Kier alpha value is -3.00. The third-order valence-electron chi connectivity index (χ3n) is 5.68. The fourth-order valence-corrected chi connectivity index (χ4v) is 4.23. The van der Waals surface area contributed by atoms with E-state index >= 15 is 0 Å². The zero-order chi connectivity index (χ0) is 19.8. The van der Waals surface area contributed by atoms with E-state index in [1.54, 1.807) is 0 Å². The van der Waals surface area contributed by atoms with Crippen molar-refractivity contribution >= 4 is 11.7 Å². The van der Waals surface area contributed by atoms with E-state index in [4.69, 9.17) is 4.74 Å². The van der Waals surface area contributed by atoms with Crippen LogP contribution in [0.5, 0.6) is 0 Å². The summed E-state index contributed by atoms with van der Waals surface area (Å²) in [5.41, 5.74) is 2.36. The molecular formula is C21H23N5O3. The van der Waals surface area contributed by atoms with Gasteiger partial charge in [0.1, 0.15) is 6.54 Å². The van der Waals surface area contributed by atoms with E-state index in [0.717, 1.165) is 49.1 Å². The molecule has 1 aliphatic carbocycles. The first-order valence-corrected chi connectivity index (χ1v) is 10.2. The molecule has 2 aliphatic rings. The Bertz CT molecular complexity index is 1110. The van der Waals surface area contributed by atoms with Crippen LogP contribution in [-0.2, 0) is 28.9 Å². The maximum Gasteiger partial charge on any atom is 0.279 e. The predicted molar refractivity (Wildman–Crippen MR) is 107 cm³/mol. The van der Waals surface area contributed by atoms with Crippen LogP contribution in [0.1, 0.15) is 30.5 Å². The first-order valence-electron chi connectivity index (χ1n) is 10.2. The Labute approximate surface area is 167 Å². The second kappa shape index (κ2) is 7.44. The molecule has 8 nitrogen and oxygen atoms in total. The monoisotopic (exact) mass is 393 g/mol. The number of carbonyl (C=O) groups is 1. The van der Waals surface area contributed by atoms with E-state index in [9.17, 15) is 9.59 Å². The van der Waals surface area contributed by atoms with Crippen molar-refractivity contribution in [3.05, 3.63) is 51.9 Å². The molecule has 1 aliphatic heterocycles. The summed E-state index contributed by atoms with van der Waals surface area (Å²) in [6.07, 6.45) is 4.49. The van der Waals surface area contributed by atoms with Crippen LogP contribution in [-0.4, -0.2) is 44.3 Å². The summed E-state index contributed by atoms with van der Waals surface area (Å²) in [5.74, 6) is 0.797. The highest BCUT2D eigenvalue weighted by molar-refractivity contribution is 5.76. The Morgan fingerprint density at radius 3 is 2.86 bits per heavy atom. The maximum atomic E-state index is 12.9. The van der Waals surface area contributed by atoms with Gasteiger partial charge in [-0.3, -0.25) is 9.59 Å². The summed E-state index contributed by atoms with van der Waals surface area (Å²) in [6.45, 7) is 1.39. The lowest BCUT2D eigenvalue weighted by atomic mass is 10.2. The fourth-order valence-electron chi connectivity index (χ4n) is 4.23. The van der Waals surface area contributed by atoms with Gasteiger partial charge in [0.15, 0.2) is 5.82 Å².